The Bertz CT molecular complexity index is 3800. The number of furan rings is 2. The molecule has 11 aromatic rings. The number of hydrogen-bond acceptors (Lipinski definition) is 2. The Kier molecular flexibility index (Phi) is 6.78. The van der Waals surface area contributed by atoms with E-state index in [1.165, 1.54) is 60.9 Å². The van der Waals surface area contributed by atoms with Crippen molar-refractivity contribution < 1.29 is 8.83 Å². The van der Waals surface area contributed by atoms with Gasteiger partial charge in [-0.15, -0.1) is 0 Å². The van der Waals surface area contributed by atoms with E-state index in [1.54, 1.807) is 0 Å². The number of para-hydroxylation sites is 6. The van der Waals surface area contributed by atoms with E-state index in [0.29, 0.717) is 0 Å². The number of benzene rings is 8. The molecule has 0 radical (unpaired) electrons. The molecule has 3 heteroatoms. The van der Waals surface area contributed by atoms with E-state index in [1.807, 2.05) is 18.2 Å². The molecule has 1 unspecified atom stereocenters. The smallest absolute Gasteiger partial charge is 0.143 e. The van der Waals surface area contributed by atoms with E-state index < -0.39 is 5.41 Å². The van der Waals surface area contributed by atoms with Gasteiger partial charge in [-0.2, -0.15) is 0 Å². The molecule has 60 heavy (non-hydrogen) atoms. The summed E-state index contributed by atoms with van der Waals surface area (Å²) >= 11 is 0. The third kappa shape index (κ3) is 4.23. The Morgan fingerprint density at radius 2 is 1.23 bits per heavy atom. The molecule has 2 aliphatic rings. The van der Waals surface area contributed by atoms with Crippen molar-refractivity contribution >= 4 is 66.9 Å². The maximum atomic E-state index is 6.67. The highest BCUT2D eigenvalue weighted by atomic mass is 16.3. The molecule has 1 aliphatic heterocycles. The fourth-order valence-electron chi connectivity index (χ4n) is 10.8. The zero-order chi connectivity index (χ0) is 39.7. The molecule has 3 aromatic heterocycles. The number of allylic oxidation sites excluding steroid dienone is 2. The van der Waals surface area contributed by atoms with Crippen molar-refractivity contribution in [3.63, 3.8) is 0 Å². The molecular weight excluding hydrogens is 731 g/mol. The van der Waals surface area contributed by atoms with Crippen molar-refractivity contribution in [2.75, 3.05) is 0 Å². The predicted molar refractivity (Wildman–Crippen MR) is 247 cm³/mol. The van der Waals surface area contributed by atoms with Gasteiger partial charge in [0.25, 0.3) is 0 Å². The molecular formula is C57H37NO2. The number of aromatic nitrogens is 1. The molecule has 0 saturated carbocycles. The van der Waals surface area contributed by atoms with E-state index in [9.17, 15) is 0 Å². The van der Waals surface area contributed by atoms with Crippen LogP contribution in [0.2, 0.25) is 0 Å². The monoisotopic (exact) mass is 767 g/mol. The molecule has 4 heterocycles. The number of rotatable bonds is 4. The molecule has 13 rings (SSSR count). The van der Waals surface area contributed by atoms with Gasteiger partial charge in [0, 0.05) is 43.3 Å². The molecule has 0 bridgehead atoms. The van der Waals surface area contributed by atoms with Crippen LogP contribution in [0.15, 0.2) is 191 Å². The predicted octanol–water partition coefficient (Wildman–Crippen LogP) is 13.3. The largest absolute Gasteiger partial charge is 0.455 e. The Morgan fingerprint density at radius 3 is 2.08 bits per heavy atom. The molecule has 1 atom stereocenters. The number of fused-ring (bicyclic) bond motifs is 16. The maximum Gasteiger partial charge on any atom is 0.143 e. The topological polar surface area (TPSA) is 31.2 Å². The van der Waals surface area contributed by atoms with E-state index in [4.69, 9.17) is 8.83 Å². The zero-order valence-electron chi connectivity index (χ0n) is 33.0. The summed E-state index contributed by atoms with van der Waals surface area (Å²) in [6, 6.07) is 62.1. The van der Waals surface area contributed by atoms with Crippen molar-refractivity contribution in [2.24, 2.45) is 0 Å². The summed E-state index contributed by atoms with van der Waals surface area (Å²) in [4.78, 5) is 0. The van der Waals surface area contributed by atoms with Crippen LogP contribution < -0.4 is 10.6 Å². The second kappa shape index (κ2) is 12.2. The van der Waals surface area contributed by atoms with Gasteiger partial charge in [-0.3, -0.25) is 0 Å². The average Bonchev–Trinajstić information content (AvgIpc) is 4.03. The van der Waals surface area contributed by atoms with Crippen molar-refractivity contribution in [3.05, 3.63) is 220 Å². The Balaban J connectivity index is 1.17. The van der Waals surface area contributed by atoms with Gasteiger partial charge >= 0.3 is 0 Å². The molecule has 0 amide bonds. The Hall–Kier alpha value is -7.62. The zero-order valence-corrected chi connectivity index (χ0v) is 33.0. The minimum absolute atomic E-state index is 0.653. The SMILES string of the molecule is C=c1/c(=C(\C=C/CC)c2ccc3c(c2)C2(c4cc(-c5cccc6c5oc5ccccc56)ccc4-3)c3ccccc3-n3c4ccccc4c4cccc2c43)oc2ccccc12. The average molecular weight is 768 g/mol. The minimum atomic E-state index is -0.653. The number of nitrogens with zero attached hydrogens (tertiary/aromatic N) is 1. The second-order valence-corrected chi connectivity index (χ2v) is 16.3. The lowest BCUT2D eigenvalue weighted by atomic mass is 9.65. The molecule has 8 aromatic carbocycles. The van der Waals surface area contributed by atoms with Crippen LogP contribution in [-0.4, -0.2) is 4.57 Å². The third-order valence-electron chi connectivity index (χ3n) is 13.3. The van der Waals surface area contributed by atoms with E-state index in [0.717, 1.165) is 72.2 Å². The maximum absolute atomic E-state index is 6.67. The minimum Gasteiger partial charge on any atom is -0.455 e. The van der Waals surface area contributed by atoms with Crippen molar-refractivity contribution in [2.45, 2.75) is 18.8 Å². The second-order valence-electron chi connectivity index (χ2n) is 16.3. The standard InChI is InChI=1S/C57H37NO2/c1-3-4-15-38(55-34(2)37-16-6-11-26-52(37)59-55)35-28-30-40-41-31-29-36(39-19-13-21-45-43-18-7-12-27-53(43)60-56(39)45)33-49(41)57(48(40)32-35)46-22-8-10-25-51(46)58-50-24-9-5-17-42(50)44-20-14-23-47(57)54(44)58/h4-33H,2-3H2,1H3/b15-4-,55-38-. The summed E-state index contributed by atoms with van der Waals surface area (Å²) in [7, 11) is 0. The summed E-state index contributed by atoms with van der Waals surface area (Å²) in [6.45, 7) is 6.74. The lowest BCUT2D eigenvalue weighted by molar-refractivity contribution is 0.573. The van der Waals surface area contributed by atoms with E-state index in [-0.39, 0.29) is 0 Å². The first-order valence-electron chi connectivity index (χ1n) is 20.9. The first-order valence-corrected chi connectivity index (χ1v) is 20.9. The molecule has 0 fully saturated rings. The first-order chi connectivity index (χ1) is 29.6. The molecule has 1 aliphatic carbocycles. The van der Waals surface area contributed by atoms with Gasteiger partial charge in [-0.05, 0) is 87.3 Å². The lowest BCUT2D eigenvalue weighted by Gasteiger charge is -2.40. The van der Waals surface area contributed by atoms with Crippen molar-refractivity contribution in [1.82, 2.24) is 4.57 Å². The highest BCUT2D eigenvalue weighted by Gasteiger charge is 2.51. The van der Waals surface area contributed by atoms with Gasteiger partial charge in [-0.1, -0.05) is 159 Å². The molecule has 0 saturated heterocycles. The van der Waals surface area contributed by atoms with Crippen LogP contribution in [0, 0.1) is 0 Å². The van der Waals surface area contributed by atoms with Gasteiger partial charge in [0.05, 0.1) is 22.1 Å². The fourth-order valence-corrected chi connectivity index (χ4v) is 10.8. The van der Waals surface area contributed by atoms with Crippen molar-refractivity contribution in [3.8, 4) is 27.9 Å². The van der Waals surface area contributed by atoms with Gasteiger partial charge in [0.1, 0.15) is 22.2 Å². The van der Waals surface area contributed by atoms with Crippen LogP contribution >= 0.6 is 0 Å². The lowest BCUT2D eigenvalue weighted by Crippen LogP contribution is -2.33. The number of hydrogen-bond donors (Lipinski definition) is 0. The molecule has 282 valence electrons. The summed E-state index contributed by atoms with van der Waals surface area (Å²) in [5.74, 6) is 0. The third-order valence-corrected chi connectivity index (χ3v) is 13.3. The van der Waals surface area contributed by atoms with E-state index in [2.05, 4.69) is 182 Å². The molecule has 0 N–H and O–H groups in total. The van der Waals surface area contributed by atoms with Crippen LogP contribution in [0.1, 0.15) is 41.2 Å². The normalized spacial score (nSPS) is 15.8. The Labute approximate surface area is 346 Å². The van der Waals surface area contributed by atoms with Gasteiger partial charge in [0.2, 0.25) is 0 Å². The summed E-state index contributed by atoms with van der Waals surface area (Å²) in [5.41, 5.74) is 18.3. The van der Waals surface area contributed by atoms with Gasteiger partial charge < -0.3 is 13.4 Å². The van der Waals surface area contributed by atoms with Crippen LogP contribution in [0.3, 0.4) is 0 Å². The van der Waals surface area contributed by atoms with Gasteiger partial charge in [-0.25, -0.2) is 0 Å². The summed E-state index contributed by atoms with van der Waals surface area (Å²) in [6.07, 6.45) is 5.35. The summed E-state index contributed by atoms with van der Waals surface area (Å²) in [5, 5.41) is 6.71. The van der Waals surface area contributed by atoms with Gasteiger partial charge in [0.15, 0.2) is 0 Å². The molecule has 3 nitrogen and oxygen atoms in total. The van der Waals surface area contributed by atoms with Crippen LogP contribution in [0.5, 0.6) is 0 Å². The first kappa shape index (κ1) is 33.4. The van der Waals surface area contributed by atoms with Crippen molar-refractivity contribution in [1.29, 1.82) is 0 Å². The quantitative estimate of drug-likeness (QED) is 0.179. The van der Waals surface area contributed by atoms with E-state index >= 15 is 0 Å². The highest BCUT2D eigenvalue weighted by molar-refractivity contribution is 6.13. The van der Waals surface area contributed by atoms with Crippen LogP contribution in [-0.2, 0) is 5.41 Å². The summed E-state index contributed by atoms with van der Waals surface area (Å²) < 4.78 is 15.8. The highest BCUT2D eigenvalue weighted by Crippen LogP contribution is 2.62. The molecule has 1 spiro atoms. The van der Waals surface area contributed by atoms with Crippen LogP contribution in [0.25, 0.3) is 94.8 Å². The Morgan fingerprint density at radius 1 is 0.567 bits per heavy atom. The van der Waals surface area contributed by atoms with Crippen LogP contribution in [0.4, 0.5) is 0 Å². The fraction of sp³-hybridized carbons (Fsp3) is 0.0526.